The fourth-order valence-electron chi connectivity index (χ4n) is 1.65. The summed E-state index contributed by atoms with van der Waals surface area (Å²) in [5, 5.41) is 0. The first-order valence-corrected chi connectivity index (χ1v) is 7.99. The molecule has 0 aliphatic heterocycles. The monoisotopic (exact) mass is 356 g/mol. The first kappa shape index (κ1) is 14.8. The van der Waals surface area contributed by atoms with Crippen molar-refractivity contribution in [2.45, 2.75) is 11.8 Å². The van der Waals surface area contributed by atoms with Crippen LogP contribution in [0.4, 0.5) is 5.69 Å². The van der Waals surface area contributed by atoms with Crippen molar-refractivity contribution in [3.63, 3.8) is 0 Å². The second-order valence-electron chi connectivity index (χ2n) is 4.10. The molecule has 2 aromatic rings. The zero-order valence-corrected chi connectivity index (χ0v) is 13.3. The number of hydrogen-bond acceptors (Lipinski definition) is 4. The van der Waals surface area contributed by atoms with E-state index in [-0.39, 0.29) is 10.8 Å². The number of hydrogen-bond donors (Lipinski definition) is 1. The van der Waals surface area contributed by atoms with Crippen molar-refractivity contribution in [3.05, 3.63) is 46.6 Å². The molecule has 0 saturated heterocycles. The molecule has 1 heterocycles. The van der Waals surface area contributed by atoms with Gasteiger partial charge in [0.05, 0.1) is 7.11 Å². The molecule has 0 aliphatic carbocycles. The summed E-state index contributed by atoms with van der Waals surface area (Å²) in [7, 11) is -2.28. The second kappa shape index (κ2) is 5.80. The Kier molecular flexibility index (Phi) is 4.29. The first-order chi connectivity index (χ1) is 9.44. The molecule has 0 unspecified atom stereocenters. The van der Waals surface area contributed by atoms with E-state index in [0.717, 1.165) is 5.56 Å². The smallest absolute Gasteiger partial charge is 0.263 e. The van der Waals surface area contributed by atoms with Gasteiger partial charge in [-0.2, -0.15) is 0 Å². The van der Waals surface area contributed by atoms with Crippen LogP contribution in [0.2, 0.25) is 0 Å². The summed E-state index contributed by atoms with van der Waals surface area (Å²) in [6.07, 6.45) is 1.53. The molecule has 0 radical (unpaired) electrons. The van der Waals surface area contributed by atoms with Crippen LogP contribution in [-0.4, -0.2) is 20.5 Å². The SMILES string of the molecule is COc1ncccc1NS(=O)(=O)c1ccc(C)cc1Br. The quantitative estimate of drug-likeness (QED) is 0.914. The van der Waals surface area contributed by atoms with Crippen molar-refractivity contribution >= 4 is 31.6 Å². The summed E-state index contributed by atoms with van der Waals surface area (Å²) in [6.45, 7) is 1.89. The van der Waals surface area contributed by atoms with Gasteiger partial charge in [0.15, 0.2) is 0 Å². The maximum absolute atomic E-state index is 12.4. The van der Waals surface area contributed by atoms with Crippen LogP contribution in [0.25, 0.3) is 0 Å². The second-order valence-corrected chi connectivity index (χ2v) is 6.60. The van der Waals surface area contributed by atoms with E-state index in [2.05, 4.69) is 25.6 Å². The molecule has 0 atom stereocenters. The van der Waals surface area contributed by atoms with Gasteiger partial charge in [0.2, 0.25) is 5.88 Å². The first-order valence-electron chi connectivity index (χ1n) is 5.72. The highest BCUT2D eigenvalue weighted by Crippen LogP contribution is 2.28. The minimum atomic E-state index is -3.71. The predicted molar refractivity (Wildman–Crippen MR) is 80.5 cm³/mol. The van der Waals surface area contributed by atoms with Crippen molar-refractivity contribution < 1.29 is 13.2 Å². The number of aryl methyl sites for hydroxylation is 1. The van der Waals surface area contributed by atoms with Gasteiger partial charge in [0.25, 0.3) is 10.0 Å². The van der Waals surface area contributed by atoms with E-state index in [4.69, 9.17) is 4.74 Å². The average molecular weight is 357 g/mol. The number of nitrogens with one attached hydrogen (secondary N) is 1. The highest BCUT2D eigenvalue weighted by molar-refractivity contribution is 9.10. The zero-order valence-electron chi connectivity index (χ0n) is 10.9. The summed E-state index contributed by atoms with van der Waals surface area (Å²) in [6, 6.07) is 8.25. The highest BCUT2D eigenvalue weighted by Gasteiger charge is 2.19. The summed E-state index contributed by atoms with van der Waals surface area (Å²) in [4.78, 5) is 4.11. The van der Waals surface area contributed by atoms with Gasteiger partial charge in [-0.3, -0.25) is 4.72 Å². The number of ether oxygens (including phenoxy) is 1. The molecule has 20 heavy (non-hydrogen) atoms. The molecule has 1 aromatic heterocycles. The largest absolute Gasteiger partial charge is 0.480 e. The number of pyridine rings is 1. The van der Waals surface area contributed by atoms with E-state index in [9.17, 15) is 8.42 Å². The highest BCUT2D eigenvalue weighted by atomic mass is 79.9. The molecular formula is C13H13BrN2O3S. The normalized spacial score (nSPS) is 11.2. The maximum atomic E-state index is 12.4. The minimum Gasteiger partial charge on any atom is -0.480 e. The number of nitrogens with zero attached hydrogens (tertiary/aromatic N) is 1. The van der Waals surface area contributed by atoms with Crippen LogP contribution >= 0.6 is 15.9 Å². The molecule has 7 heteroatoms. The molecule has 0 fully saturated rings. The zero-order chi connectivity index (χ0) is 14.8. The summed E-state index contributed by atoms with van der Waals surface area (Å²) >= 11 is 3.27. The van der Waals surface area contributed by atoms with E-state index in [0.29, 0.717) is 10.2 Å². The number of sulfonamides is 1. The molecule has 1 aromatic carbocycles. The predicted octanol–water partition coefficient (Wildman–Crippen LogP) is 2.96. The van der Waals surface area contributed by atoms with Crippen LogP contribution in [0.1, 0.15) is 5.56 Å². The van der Waals surface area contributed by atoms with Crippen molar-refractivity contribution in [1.29, 1.82) is 0 Å². The molecule has 0 bridgehead atoms. The van der Waals surface area contributed by atoms with Gasteiger partial charge >= 0.3 is 0 Å². The van der Waals surface area contributed by atoms with Gasteiger partial charge in [0, 0.05) is 10.7 Å². The standard InChI is InChI=1S/C13H13BrN2O3S/c1-9-5-6-12(10(14)8-9)20(17,18)16-11-4-3-7-15-13(11)19-2/h3-8,16H,1-2H3. The molecule has 0 spiro atoms. The van der Waals surface area contributed by atoms with E-state index >= 15 is 0 Å². The fourth-order valence-corrected chi connectivity index (χ4v) is 3.90. The molecule has 2 rings (SSSR count). The van der Waals surface area contributed by atoms with Crippen LogP contribution in [0, 0.1) is 6.92 Å². The summed E-state index contributed by atoms with van der Waals surface area (Å²) in [5.74, 6) is 0.222. The average Bonchev–Trinajstić information content (AvgIpc) is 2.38. The number of benzene rings is 1. The van der Waals surface area contributed by atoms with Crippen LogP contribution in [0.3, 0.4) is 0 Å². The van der Waals surface area contributed by atoms with E-state index in [1.54, 1.807) is 30.3 Å². The van der Waals surface area contributed by atoms with Crippen molar-refractivity contribution in [2.75, 3.05) is 11.8 Å². The van der Waals surface area contributed by atoms with E-state index < -0.39 is 10.0 Å². The topological polar surface area (TPSA) is 68.3 Å². The van der Waals surface area contributed by atoms with Crippen LogP contribution < -0.4 is 9.46 Å². The van der Waals surface area contributed by atoms with Gasteiger partial charge in [-0.25, -0.2) is 13.4 Å². The van der Waals surface area contributed by atoms with E-state index in [1.165, 1.54) is 13.3 Å². The van der Waals surface area contributed by atoms with Gasteiger partial charge in [-0.15, -0.1) is 0 Å². The van der Waals surface area contributed by atoms with Gasteiger partial charge in [-0.1, -0.05) is 6.07 Å². The Balaban J connectivity index is 2.41. The number of rotatable bonds is 4. The Labute approximate surface area is 126 Å². The molecular weight excluding hydrogens is 344 g/mol. The molecule has 0 aliphatic rings. The number of methoxy groups -OCH3 is 1. The molecule has 1 N–H and O–H groups in total. The molecule has 0 amide bonds. The van der Waals surface area contributed by atoms with Crippen LogP contribution in [0.5, 0.6) is 5.88 Å². The van der Waals surface area contributed by atoms with E-state index in [1.807, 2.05) is 6.92 Å². The number of anilines is 1. The van der Waals surface area contributed by atoms with Crippen molar-refractivity contribution in [3.8, 4) is 5.88 Å². The Morgan fingerprint density at radius 1 is 1.30 bits per heavy atom. The summed E-state index contributed by atoms with van der Waals surface area (Å²) in [5.41, 5.74) is 1.26. The van der Waals surface area contributed by atoms with Gasteiger partial charge in [0.1, 0.15) is 10.6 Å². The van der Waals surface area contributed by atoms with Crippen LogP contribution in [-0.2, 0) is 10.0 Å². The molecule has 106 valence electrons. The Morgan fingerprint density at radius 3 is 2.70 bits per heavy atom. The summed E-state index contributed by atoms with van der Waals surface area (Å²) < 4.78 is 32.8. The third-order valence-electron chi connectivity index (χ3n) is 2.59. The van der Waals surface area contributed by atoms with Gasteiger partial charge < -0.3 is 4.74 Å². The Bertz CT molecular complexity index is 732. The maximum Gasteiger partial charge on any atom is 0.263 e. The molecule has 0 saturated carbocycles. The molecule has 5 nitrogen and oxygen atoms in total. The van der Waals surface area contributed by atoms with Crippen molar-refractivity contribution in [1.82, 2.24) is 4.98 Å². The Hall–Kier alpha value is -1.60. The third-order valence-corrected chi connectivity index (χ3v) is 4.93. The number of aromatic nitrogens is 1. The minimum absolute atomic E-state index is 0.161. The van der Waals surface area contributed by atoms with Gasteiger partial charge in [-0.05, 0) is 52.7 Å². The lowest BCUT2D eigenvalue weighted by Crippen LogP contribution is -2.14. The lowest BCUT2D eigenvalue weighted by molar-refractivity contribution is 0.400. The fraction of sp³-hybridized carbons (Fsp3) is 0.154. The Morgan fingerprint density at radius 2 is 2.05 bits per heavy atom. The lowest BCUT2D eigenvalue weighted by Gasteiger charge is -2.12. The van der Waals surface area contributed by atoms with Crippen molar-refractivity contribution in [2.24, 2.45) is 0 Å². The lowest BCUT2D eigenvalue weighted by atomic mass is 10.2. The number of halogens is 1. The van der Waals surface area contributed by atoms with Crippen LogP contribution in [0.15, 0.2) is 45.9 Å². The third kappa shape index (κ3) is 3.10.